The maximum atomic E-state index is 9.29. The first-order valence-electron chi connectivity index (χ1n) is 3.95. The lowest BCUT2D eigenvalue weighted by Crippen LogP contribution is -1.99. The maximum absolute atomic E-state index is 9.29. The number of ether oxygens (including phenoxy) is 2. The third kappa shape index (κ3) is 2.32. The Labute approximate surface area is 77.1 Å². The minimum absolute atomic E-state index is 0.440. The van der Waals surface area contributed by atoms with Crippen molar-refractivity contribution in [1.82, 2.24) is 4.98 Å². The number of pyridine rings is 1. The Hall–Kier alpha value is -1.29. The average molecular weight is 183 g/mol. The molecule has 0 aromatic carbocycles. The van der Waals surface area contributed by atoms with Crippen molar-refractivity contribution in [2.75, 3.05) is 14.2 Å². The van der Waals surface area contributed by atoms with Crippen LogP contribution >= 0.6 is 0 Å². The second kappa shape index (κ2) is 4.09. The van der Waals surface area contributed by atoms with Crippen molar-refractivity contribution < 1.29 is 14.6 Å². The Morgan fingerprint density at radius 2 is 2.00 bits per heavy atom. The van der Waals surface area contributed by atoms with Crippen molar-refractivity contribution in [2.24, 2.45) is 0 Å². The van der Waals surface area contributed by atoms with E-state index in [2.05, 4.69) is 4.98 Å². The van der Waals surface area contributed by atoms with Crippen molar-refractivity contribution >= 4 is 0 Å². The number of aromatic nitrogens is 1. The highest BCUT2D eigenvalue weighted by Crippen LogP contribution is 2.22. The highest BCUT2D eigenvalue weighted by atomic mass is 16.5. The minimum Gasteiger partial charge on any atom is -0.496 e. The van der Waals surface area contributed by atoms with Gasteiger partial charge in [-0.3, -0.25) is 0 Å². The van der Waals surface area contributed by atoms with E-state index in [-0.39, 0.29) is 0 Å². The molecule has 0 spiro atoms. The molecule has 1 aromatic heterocycles. The van der Waals surface area contributed by atoms with Gasteiger partial charge in [0.1, 0.15) is 5.75 Å². The van der Waals surface area contributed by atoms with E-state index in [1.54, 1.807) is 26.2 Å². The van der Waals surface area contributed by atoms with Gasteiger partial charge in [-0.25, -0.2) is 4.98 Å². The van der Waals surface area contributed by atoms with Gasteiger partial charge in [-0.05, 0) is 6.92 Å². The van der Waals surface area contributed by atoms with Gasteiger partial charge in [-0.15, -0.1) is 0 Å². The van der Waals surface area contributed by atoms with E-state index in [1.165, 1.54) is 7.11 Å². The molecule has 1 unspecified atom stereocenters. The van der Waals surface area contributed by atoms with Crippen LogP contribution in [0, 0.1) is 0 Å². The van der Waals surface area contributed by atoms with Crippen molar-refractivity contribution in [3.8, 4) is 11.6 Å². The van der Waals surface area contributed by atoms with Gasteiger partial charge in [0.05, 0.1) is 26.0 Å². The van der Waals surface area contributed by atoms with Crippen LogP contribution in [0.25, 0.3) is 0 Å². The molecule has 1 atom stereocenters. The van der Waals surface area contributed by atoms with Crippen LogP contribution in [0.3, 0.4) is 0 Å². The molecule has 0 fully saturated rings. The molecular weight excluding hydrogens is 170 g/mol. The number of aliphatic hydroxyl groups excluding tert-OH is 1. The van der Waals surface area contributed by atoms with Crippen LogP contribution in [-0.2, 0) is 0 Å². The summed E-state index contributed by atoms with van der Waals surface area (Å²) in [5.74, 6) is 1.07. The topological polar surface area (TPSA) is 51.6 Å². The lowest BCUT2D eigenvalue weighted by atomic mass is 10.2. The summed E-state index contributed by atoms with van der Waals surface area (Å²) in [5.41, 5.74) is 0.538. The van der Waals surface area contributed by atoms with Crippen molar-refractivity contribution in [1.29, 1.82) is 0 Å². The third-order valence-electron chi connectivity index (χ3n) is 1.67. The standard InChI is InChI=1S/C9H13NO3/c1-6(11)8-4-7(12-2)5-9(10-8)13-3/h4-6,11H,1-3H3. The van der Waals surface area contributed by atoms with Gasteiger partial charge < -0.3 is 14.6 Å². The summed E-state index contributed by atoms with van der Waals surface area (Å²) in [4.78, 5) is 4.05. The zero-order chi connectivity index (χ0) is 9.84. The molecule has 0 bridgehead atoms. The molecule has 1 rings (SSSR count). The van der Waals surface area contributed by atoms with Crippen LogP contribution in [0.5, 0.6) is 11.6 Å². The summed E-state index contributed by atoms with van der Waals surface area (Å²) in [6, 6.07) is 3.33. The van der Waals surface area contributed by atoms with Crippen LogP contribution < -0.4 is 9.47 Å². The Kier molecular flexibility index (Phi) is 3.08. The van der Waals surface area contributed by atoms with Gasteiger partial charge in [0.2, 0.25) is 5.88 Å². The normalized spacial score (nSPS) is 12.3. The Bertz CT molecular complexity index is 264. The highest BCUT2D eigenvalue weighted by molar-refractivity contribution is 5.31. The van der Waals surface area contributed by atoms with Crippen molar-refractivity contribution in [3.63, 3.8) is 0 Å². The summed E-state index contributed by atoms with van der Waals surface area (Å²) in [7, 11) is 3.08. The Morgan fingerprint density at radius 1 is 1.31 bits per heavy atom. The first-order chi connectivity index (χ1) is 6.17. The number of rotatable bonds is 3. The second-order valence-electron chi connectivity index (χ2n) is 2.65. The predicted octanol–water partition coefficient (Wildman–Crippen LogP) is 1.15. The zero-order valence-electron chi connectivity index (χ0n) is 7.94. The van der Waals surface area contributed by atoms with E-state index >= 15 is 0 Å². The lowest BCUT2D eigenvalue weighted by molar-refractivity contribution is 0.192. The van der Waals surface area contributed by atoms with E-state index in [1.807, 2.05) is 0 Å². The number of aliphatic hydroxyl groups is 1. The number of hydrogen-bond donors (Lipinski definition) is 1. The molecule has 0 aliphatic carbocycles. The molecule has 0 aliphatic heterocycles. The van der Waals surface area contributed by atoms with E-state index in [0.717, 1.165) is 0 Å². The molecular formula is C9H13NO3. The molecule has 0 amide bonds. The average Bonchev–Trinajstić information content (AvgIpc) is 2.16. The fourth-order valence-electron chi connectivity index (χ4n) is 0.937. The Morgan fingerprint density at radius 3 is 2.46 bits per heavy atom. The van der Waals surface area contributed by atoms with Gasteiger partial charge in [0, 0.05) is 12.1 Å². The minimum atomic E-state index is -0.621. The maximum Gasteiger partial charge on any atom is 0.217 e. The van der Waals surface area contributed by atoms with Gasteiger partial charge >= 0.3 is 0 Å². The highest BCUT2D eigenvalue weighted by Gasteiger charge is 2.07. The molecule has 1 N–H and O–H groups in total. The van der Waals surface area contributed by atoms with Crippen molar-refractivity contribution in [2.45, 2.75) is 13.0 Å². The summed E-state index contributed by atoms with van der Waals surface area (Å²) < 4.78 is 9.96. The third-order valence-corrected chi connectivity index (χ3v) is 1.67. The number of methoxy groups -OCH3 is 2. The smallest absolute Gasteiger partial charge is 0.217 e. The Balaban J connectivity index is 3.07. The molecule has 4 nitrogen and oxygen atoms in total. The largest absolute Gasteiger partial charge is 0.496 e. The molecule has 4 heteroatoms. The van der Waals surface area contributed by atoms with Gasteiger partial charge in [-0.1, -0.05) is 0 Å². The summed E-state index contributed by atoms with van der Waals surface area (Å²) in [6.07, 6.45) is -0.621. The summed E-state index contributed by atoms with van der Waals surface area (Å²) in [6.45, 7) is 1.64. The fourth-order valence-corrected chi connectivity index (χ4v) is 0.937. The van der Waals surface area contributed by atoms with Gasteiger partial charge in [-0.2, -0.15) is 0 Å². The predicted molar refractivity (Wildman–Crippen MR) is 48.0 cm³/mol. The quantitative estimate of drug-likeness (QED) is 0.763. The monoisotopic (exact) mass is 183 g/mol. The lowest BCUT2D eigenvalue weighted by Gasteiger charge is -2.08. The second-order valence-corrected chi connectivity index (χ2v) is 2.65. The van der Waals surface area contributed by atoms with Crippen LogP contribution in [0.2, 0.25) is 0 Å². The van der Waals surface area contributed by atoms with Gasteiger partial charge in [0.25, 0.3) is 0 Å². The number of nitrogens with zero attached hydrogens (tertiary/aromatic N) is 1. The van der Waals surface area contributed by atoms with Crippen LogP contribution in [-0.4, -0.2) is 24.3 Å². The number of hydrogen-bond acceptors (Lipinski definition) is 4. The fraction of sp³-hybridized carbons (Fsp3) is 0.444. The van der Waals surface area contributed by atoms with E-state index < -0.39 is 6.10 Å². The van der Waals surface area contributed by atoms with Crippen LogP contribution in [0.1, 0.15) is 18.7 Å². The molecule has 72 valence electrons. The van der Waals surface area contributed by atoms with Crippen molar-refractivity contribution in [3.05, 3.63) is 17.8 Å². The first kappa shape index (κ1) is 9.80. The molecule has 0 radical (unpaired) electrons. The molecule has 0 saturated heterocycles. The zero-order valence-corrected chi connectivity index (χ0v) is 7.94. The van der Waals surface area contributed by atoms with E-state index in [9.17, 15) is 5.11 Å². The van der Waals surface area contributed by atoms with Gasteiger partial charge in [0.15, 0.2) is 0 Å². The SMILES string of the molecule is COc1cc(OC)nc(C(C)O)c1. The summed E-state index contributed by atoms with van der Waals surface area (Å²) >= 11 is 0. The molecule has 0 saturated carbocycles. The molecule has 0 aliphatic rings. The summed E-state index contributed by atoms with van der Waals surface area (Å²) in [5, 5.41) is 9.29. The molecule has 1 aromatic rings. The molecule has 1 heterocycles. The van der Waals surface area contributed by atoms with E-state index in [0.29, 0.717) is 17.3 Å². The van der Waals surface area contributed by atoms with Crippen LogP contribution in [0.15, 0.2) is 12.1 Å². The van der Waals surface area contributed by atoms with E-state index in [4.69, 9.17) is 9.47 Å². The van der Waals surface area contributed by atoms with Crippen LogP contribution in [0.4, 0.5) is 0 Å². The molecule has 13 heavy (non-hydrogen) atoms. The first-order valence-corrected chi connectivity index (χ1v) is 3.95.